The molecule has 1 aliphatic rings. The van der Waals surface area contributed by atoms with Gasteiger partial charge in [0.2, 0.25) is 5.69 Å². The lowest BCUT2D eigenvalue weighted by molar-refractivity contribution is -0.765. The van der Waals surface area contributed by atoms with Crippen LogP contribution < -0.4 is 9.47 Å². The first-order chi connectivity index (χ1) is 16.0. The minimum absolute atomic E-state index is 0.0193. The van der Waals surface area contributed by atoms with Crippen molar-refractivity contribution < 1.29 is 4.57 Å². The van der Waals surface area contributed by atoms with Crippen LogP contribution in [0, 0.1) is 0 Å². The van der Waals surface area contributed by atoms with Crippen molar-refractivity contribution in [1.29, 1.82) is 0 Å². The highest BCUT2D eigenvalue weighted by Gasteiger charge is 2.56. The van der Waals surface area contributed by atoms with Crippen molar-refractivity contribution >= 4 is 17.1 Å². The fourth-order valence-corrected chi connectivity index (χ4v) is 5.75. The van der Waals surface area contributed by atoms with E-state index in [4.69, 9.17) is 0 Å². The third kappa shape index (κ3) is 3.20. The normalized spacial score (nSPS) is 21.2. The smallest absolute Gasteiger partial charge is 0.213 e. The van der Waals surface area contributed by atoms with Gasteiger partial charge in [-0.3, -0.25) is 0 Å². The molecule has 1 aromatic heterocycles. The Bertz CT molecular complexity index is 1230. The highest BCUT2D eigenvalue weighted by Crippen LogP contribution is 2.50. The Hall–Kier alpha value is -3.39. The van der Waals surface area contributed by atoms with Crippen molar-refractivity contribution in [2.45, 2.75) is 51.5 Å². The molecule has 0 fully saturated rings. The van der Waals surface area contributed by atoms with E-state index in [-0.39, 0.29) is 11.0 Å². The number of fused-ring (bicyclic) bond motifs is 3. The van der Waals surface area contributed by atoms with Gasteiger partial charge in [-0.1, -0.05) is 56.3 Å². The fourth-order valence-electron chi connectivity index (χ4n) is 5.75. The van der Waals surface area contributed by atoms with Crippen LogP contribution in [0.25, 0.3) is 11.3 Å². The number of aromatic nitrogens is 1. The van der Waals surface area contributed by atoms with E-state index in [0.717, 1.165) is 24.2 Å². The largest absolute Gasteiger partial charge is 0.310 e. The summed E-state index contributed by atoms with van der Waals surface area (Å²) in [5, 5.41) is 0. The summed E-state index contributed by atoms with van der Waals surface area (Å²) in [5.74, 6) is 0. The summed E-state index contributed by atoms with van der Waals surface area (Å²) in [7, 11) is 0. The van der Waals surface area contributed by atoms with Gasteiger partial charge in [-0.15, -0.1) is 0 Å². The van der Waals surface area contributed by atoms with E-state index < -0.39 is 0 Å². The first-order valence-corrected chi connectivity index (χ1v) is 12.1. The number of benzene rings is 3. The third-order valence-electron chi connectivity index (χ3n) is 8.14. The molecule has 4 aromatic rings. The average Bonchev–Trinajstić information content (AvgIpc) is 2.88. The van der Waals surface area contributed by atoms with Gasteiger partial charge in [0.1, 0.15) is 0 Å². The first kappa shape index (κ1) is 21.5. The first-order valence-electron chi connectivity index (χ1n) is 12.1. The van der Waals surface area contributed by atoms with Crippen molar-refractivity contribution in [2.24, 2.45) is 0 Å². The van der Waals surface area contributed by atoms with E-state index in [9.17, 15) is 0 Å². The van der Waals surface area contributed by atoms with Crippen LogP contribution in [0.2, 0.25) is 0 Å². The van der Waals surface area contributed by atoms with Crippen LogP contribution in [0.4, 0.5) is 17.1 Å². The number of anilines is 3. The van der Waals surface area contributed by atoms with Gasteiger partial charge in [0, 0.05) is 42.5 Å². The van der Waals surface area contributed by atoms with Crippen LogP contribution in [-0.4, -0.2) is 0 Å². The second kappa shape index (κ2) is 8.19. The maximum absolute atomic E-state index is 2.53. The molecular weight excluding hydrogens is 400 g/mol. The summed E-state index contributed by atoms with van der Waals surface area (Å²) in [4.78, 5) is 2.35. The maximum atomic E-state index is 2.53. The summed E-state index contributed by atoms with van der Waals surface area (Å²) in [6.45, 7) is 9.53. The lowest BCUT2D eigenvalue weighted by Crippen LogP contribution is -2.67. The van der Waals surface area contributed by atoms with Crippen molar-refractivity contribution in [3.63, 3.8) is 0 Å². The second-order valence-corrected chi connectivity index (χ2v) is 9.51. The van der Waals surface area contributed by atoms with Crippen LogP contribution in [-0.2, 0) is 11.0 Å². The van der Waals surface area contributed by atoms with Gasteiger partial charge in [0.25, 0.3) is 0 Å². The molecule has 1 aliphatic heterocycles. The minimum Gasteiger partial charge on any atom is -0.310 e. The van der Waals surface area contributed by atoms with Crippen LogP contribution in [0.5, 0.6) is 0 Å². The Morgan fingerprint density at radius 3 is 1.85 bits per heavy atom. The quantitative estimate of drug-likeness (QED) is 0.290. The highest BCUT2D eigenvalue weighted by molar-refractivity contribution is 5.80. The van der Waals surface area contributed by atoms with Gasteiger partial charge in [-0.2, -0.15) is 4.57 Å². The molecule has 2 heteroatoms. The van der Waals surface area contributed by atoms with Crippen LogP contribution in [0.1, 0.15) is 46.1 Å². The number of hydrogen-bond acceptors (Lipinski definition) is 1. The van der Waals surface area contributed by atoms with Crippen LogP contribution >= 0.6 is 0 Å². The van der Waals surface area contributed by atoms with Gasteiger partial charge in [0.15, 0.2) is 11.7 Å². The van der Waals surface area contributed by atoms with E-state index in [1.807, 2.05) is 0 Å². The molecule has 3 aromatic carbocycles. The summed E-state index contributed by atoms with van der Waals surface area (Å²) in [6.07, 6.45) is 4.45. The van der Waals surface area contributed by atoms with Crippen molar-refractivity contribution in [3.05, 3.63) is 109 Å². The number of pyridine rings is 1. The van der Waals surface area contributed by atoms with E-state index in [1.54, 1.807) is 0 Å². The Morgan fingerprint density at radius 1 is 0.667 bits per heavy atom. The SMILES string of the molecule is CCC1(C)c2ccc(N(c3ccccc3)c3ccccc3)cc2-c2cccc[n+]2C1(C)CC. The molecule has 0 saturated carbocycles. The van der Waals surface area contributed by atoms with E-state index in [1.165, 1.54) is 22.5 Å². The van der Waals surface area contributed by atoms with E-state index in [0.29, 0.717) is 0 Å². The topological polar surface area (TPSA) is 7.12 Å². The lowest BCUT2D eigenvalue weighted by atomic mass is 9.60. The molecule has 5 rings (SSSR count). The summed E-state index contributed by atoms with van der Waals surface area (Å²) < 4.78 is 2.53. The Labute approximate surface area is 198 Å². The molecule has 0 bridgehead atoms. The molecule has 0 radical (unpaired) electrons. The van der Waals surface area contributed by atoms with Gasteiger partial charge >= 0.3 is 0 Å². The standard InChI is InChI=1S/C31H33N2/c1-5-30(3)28-21-20-26(23-27(28)29-19-13-14-22-32(29)31(30,4)6-2)33(24-15-9-7-10-16-24)25-17-11-8-12-18-25/h7-23H,5-6H2,1-4H3/q+1. The molecule has 0 amide bonds. The zero-order chi connectivity index (χ0) is 23.1. The number of rotatable bonds is 5. The minimum atomic E-state index is 0.0193. The van der Waals surface area contributed by atoms with Crippen LogP contribution in [0.15, 0.2) is 103 Å². The monoisotopic (exact) mass is 433 g/mol. The molecule has 166 valence electrons. The Kier molecular flexibility index (Phi) is 5.32. The Balaban J connectivity index is 1.76. The van der Waals surface area contributed by atoms with Gasteiger partial charge in [-0.25, -0.2) is 0 Å². The van der Waals surface area contributed by atoms with Crippen LogP contribution in [0.3, 0.4) is 0 Å². The molecule has 2 unspecified atom stereocenters. The highest BCUT2D eigenvalue weighted by atomic mass is 15.1. The Morgan fingerprint density at radius 2 is 1.27 bits per heavy atom. The fraction of sp³-hybridized carbons (Fsp3) is 0.258. The molecule has 2 heterocycles. The van der Waals surface area contributed by atoms with Crippen molar-refractivity contribution in [1.82, 2.24) is 0 Å². The predicted octanol–water partition coefficient (Wildman–Crippen LogP) is 7.92. The van der Waals surface area contributed by atoms with E-state index >= 15 is 0 Å². The number of hydrogen-bond donors (Lipinski definition) is 0. The number of nitrogens with zero attached hydrogens (tertiary/aromatic N) is 2. The second-order valence-electron chi connectivity index (χ2n) is 9.51. The van der Waals surface area contributed by atoms with Gasteiger partial charge in [0.05, 0.1) is 11.0 Å². The average molecular weight is 434 g/mol. The van der Waals surface area contributed by atoms with E-state index in [2.05, 4.69) is 140 Å². The van der Waals surface area contributed by atoms with Crippen molar-refractivity contribution in [2.75, 3.05) is 4.90 Å². The summed E-state index contributed by atoms with van der Waals surface area (Å²) in [5.41, 5.74) is 7.65. The molecule has 33 heavy (non-hydrogen) atoms. The zero-order valence-corrected chi connectivity index (χ0v) is 20.1. The lowest BCUT2D eigenvalue weighted by Gasteiger charge is -2.46. The zero-order valence-electron chi connectivity index (χ0n) is 20.1. The molecule has 0 aliphatic carbocycles. The summed E-state index contributed by atoms with van der Waals surface area (Å²) >= 11 is 0. The molecule has 2 atom stereocenters. The number of para-hydroxylation sites is 2. The third-order valence-corrected chi connectivity index (χ3v) is 8.14. The molecular formula is C31H33N2+. The molecule has 0 saturated heterocycles. The van der Waals surface area contributed by atoms with Gasteiger partial charge < -0.3 is 4.90 Å². The predicted molar refractivity (Wildman–Crippen MR) is 138 cm³/mol. The van der Waals surface area contributed by atoms with Crippen molar-refractivity contribution in [3.8, 4) is 11.3 Å². The van der Waals surface area contributed by atoms with Gasteiger partial charge in [-0.05, 0) is 61.4 Å². The molecule has 0 spiro atoms. The molecule has 2 nitrogen and oxygen atoms in total. The maximum Gasteiger partial charge on any atom is 0.213 e. The summed E-state index contributed by atoms with van der Waals surface area (Å²) in [6, 6.07) is 35.0. The molecule has 0 N–H and O–H groups in total.